The summed E-state index contributed by atoms with van der Waals surface area (Å²) in [7, 11) is -6.88. The van der Waals surface area contributed by atoms with Crippen LogP contribution in [0, 0.1) is 5.41 Å². The summed E-state index contributed by atoms with van der Waals surface area (Å²) in [4.78, 5) is 4.18. The highest BCUT2D eigenvalue weighted by Gasteiger charge is 2.72. The molecule has 0 radical (unpaired) electrons. The molecule has 0 fully saturated rings. The topological polar surface area (TPSA) is 56.3 Å². The summed E-state index contributed by atoms with van der Waals surface area (Å²) in [5.74, 6) is -0.214. The lowest BCUT2D eigenvalue weighted by Crippen LogP contribution is -2.62. The van der Waals surface area contributed by atoms with Crippen LogP contribution in [0.1, 0.15) is 60.3 Å². The smallest absolute Gasteiger partial charge is 0.393 e. The molecule has 0 unspecified atom stereocenters. The van der Waals surface area contributed by atoms with E-state index in [4.69, 9.17) is 4.43 Å². The van der Waals surface area contributed by atoms with Crippen LogP contribution < -0.4 is 0 Å². The molecule has 1 aromatic carbocycles. The number of sulfone groups is 1. The van der Waals surface area contributed by atoms with Crippen molar-refractivity contribution in [3.8, 4) is 0 Å². The van der Waals surface area contributed by atoms with Gasteiger partial charge in [0, 0.05) is 0 Å². The van der Waals surface area contributed by atoms with E-state index in [1.165, 1.54) is 6.08 Å². The lowest BCUT2D eigenvalue weighted by atomic mass is 9.83. The SMILES string of the molecule is CC[Si](CC)(CC)OC(C=CCC(C)(C)CCCC=CCS(=O)(=O)c1nc2ccccc2s1)(C(F)(F)F)C(F)(F)F. The first-order chi connectivity index (χ1) is 18.9. The van der Waals surface area contributed by atoms with Crippen molar-refractivity contribution in [3.63, 3.8) is 0 Å². The second-order valence-electron chi connectivity index (χ2n) is 10.9. The molecule has 0 aliphatic heterocycles. The van der Waals surface area contributed by atoms with Crippen LogP contribution in [0.25, 0.3) is 10.2 Å². The molecular formula is C28H39F6NO3S2Si. The Labute approximate surface area is 243 Å². The first-order valence-corrected chi connectivity index (χ1v) is 18.6. The summed E-state index contributed by atoms with van der Waals surface area (Å²) in [5, 5.41) is 0. The third kappa shape index (κ3) is 8.90. The molecule has 0 bridgehead atoms. The summed E-state index contributed by atoms with van der Waals surface area (Å²) in [5.41, 5.74) is -4.31. The van der Waals surface area contributed by atoms with E-state index in [1.54, 1.807) is 58.9 Å². The number of para-hydroxylation sites is 1. The van der Waals surface area contributed by atoms with Gasteiger partial charge in [0.1, 0.15) is 0 Å². The molecule has 232 valence electrons. The fourth-order valence-corrected chi connectivity index (χ4v) is 9.88. The van der Waals surface area contributed by atoms with Crippen molar-refractivity contribution < 1.29 is 39.2 Å². The molecule has 0 atom stereocenters. The standard InChI is InChI=1S/C28H39F6NO3S2Si/c1-6-41(7-2,8-3)38-26(27(29,30)31,28(32,33)34)20-15-19-25(4,5)18-13-9-10-14-21-40(36,37)24-35-22-16-11-12-17-23(22)39-24/h10-12,14-17,20H,6-9,13,18-19,21H2,1-5H3. The Morgan fingerprint density at radius 2 is 1.51 bits per heavy atom. The molecule has 1 heterocycles. The molecule has 0 saturated carbocycles. The van der Waals surface area contributed by atoms with E-state index in [0.717, 1.165) is 22.1 Å². The van der Waals surface area contributed by atoms with Crippen LogP contribution in [0.4, 0.5) is 26.3 Å². The van der Waals surface area contributed by atoms with Crippen LogP contribution in [0.5, 0.6) is 0 Å². The van der Waals surface area contributed by atoms with Crippen LogP contribution in [0.2, 0.25) is 18.1 Å². The van der Waals surface area contributed by atoms with Gasteiger partial charge in [-0.3, -0.25) is 0 Å². The van der Waals surface area contributed by atoms with Crippen molar-refractivity contribution in [2.24, 2.45) is 5.41 Å². The molecule has 0 aliphatic carbocycles. The number of unbranched alkanes of at least 4 members (excludes halogenated alkanes) is 1. The Balaban J connectivity index is 2.03. The number of allylic oxidation sites excluding steroid dienone is 2. The molecule has 0 amide bonds. The molecule has 0 saturated heterocycles. The summed E-state index contributed by atoms with van der Waals surface area (Å²) >= 11 is 1.11. The Bertz CT molecular complexity index is 1240. The van der Waals surface area contributed by atoms with E-state index in [9.17, 15) is 34.8 Å². The molecule has 41 heavy (non-hydrogen) atoms. The second kappa shape index (κ2) is 13.7. The minimum atomic E-state index is -5.67. The fraction of sp³-hybridized carbons (Fsp3) is 0.607. The van der Waals surface area contributed by atoms with E-state index in [-0.39, 0.29) is 40.7 Å². The van der Waals surface area contributed by atoms with E-state index >= 15 is 0 Å². The van der Waals surface area contributed by atoms with E-state index in [1.807, 2.05) is 6.07 Å². The zero-order valence-electron chi connectivity index (χ0n) is 24.0. The average Bonchev–Trinajstić information content (AvgIpc) is 3.32. The Hall–Kier alpha value is -1.70. The molecular weight excluding hydrogens is 605 g/mol. The van der Waals surface area contributed by atoms with Crippen LogP contribution >= 0.6 is 11.3 Å². The Morgan fingerprint density at radius 1 is 0.927 bits per heavy atom. The highest BCUT2D eigenvalue weighted by Crippen LogP contribution is 2.50. The number of fused-ring (bicyclic) bond motifs is 1. The molecule has 4 nitrogen and oxygen atoms in total. The number of thiazole rings is 1. The summed E-state index contributed by atoms with van der Waals surface area (Å²) < 4.78 is 116. The normalized spacial score (nSPS) is 14.6. The van der Waals surface area contributed by atoms with Gasteiger partial charge in [-0.15, -0.1) is 11.3 Å². The van der Waals surface area contributed by atoms with Crippen molar-refractivity contribution >= 4 is 39.7 Å². The first-order valence-electron chi connectivity index (χ1n) is 13.6. The van der Waals surface area contributed by atoms with Crippen molar-refractivity contribution in [1.29, 1.82) is 0 Å². The highest BCUT2D eigenvalue weighted by atomic mass is 32.2. The Morgan fingerprint density at radius 3 is 2.05 bits per heavy atom. The monoisotopic (exact) mass is 643 g/mol. The van der Waals surface area contributed by atoms with Gasteiger partial charge in [-0.25, -0.2) is 13.4 Å². The van der Waals surface area contributed by atoms with Gasteiger partial charge in [0.2, 0.25) is 14.2 Å². The maximum absolute atomic E-state index is 14.1. The quantitative estimate of drug-likeness (QED) is 0.0839. The number of benzene rings is 1. The number of hydrogen-bond acceptors (Lipinski definition) is 5. The number of nitrogens with zero attached hydrogens (tertiary/aromatic N) is 1. The predicted molar refractivity (Wildman–Crippen MR) is 155 cm³/mol. The maximum Gasteiger partial charge on any atom is 0.429 e. The summed E-state index contributed by atoms with van der Waals surface area (Å²) in [6.07, 6.45) is -5.37. The largest absolute Gasteiger partial charge is 0.429 e. The predicted octanol–water partition coefficient (Wildman–Crippen LogP) is 9.65. The van der Waals surface area contributed by atoms with Gasteiger partial charge in [-0.05, 0) is 67.4 Å². The average molecular weight is 644 g/mol. The highest BCUT2D eigenvalue weighted by molar-refractivity contribution is 7.93. The lowest BCUT2D eigenvalue weighted by Gasteiger charge is -2.42. The number of hydrogen-bond donors (Lipinski definition) is 0. The molecule has 2 rings (SSSR count). The van der Waals surface area contributed by atoms with Gasteiger partial charge < -0.3 is 4.43 Å². The number of rotatable bonds is 15. The Kier molecular flexibility index (Phi) is 11.9. The zero-order chi connectivity index (χ0) is 31.2. The van der Waals surface area contributed by atoms with Crippen molar-refractivity contribution in [3.05, 3.63) is 48.6 Å². The lowest BCUT2D eigenvalue weighted by molar-refractivity contribution is -0.341. The third-order valence-electron chi connectivity index (χ3n) is 7.42. The van der Waals surface area contributed by atoms with Gasteiger partial charge in [-0.2, -0.15) is 26.3 Å². The van der Waals surface area contributed by atoms with Crippen molar-refractivity contribution in [2.45, 2.75) is 101 Å². The number of aromatic nitrogens is 1. The zero-order valence-corrected chi connectivity index (χ0v) is 26.7. The molecule has 2 aromatic rings. The van der Waals surface area contributed by atoms with Gasteiger partial charge in [0.05, 0.1) is 16.0 Å². The number of alkyl halides is 6. The summed E-state index contributed by atoms with van der Waals surface area (Å²) in [6.45, 7) is 8.27. The van der Waals surface area contributed by atoms with Gasteiger partial charge >= 0.3 is 12.4 Å². The van der Waals surface area contributed by atoms with E-state index in [2.05, 4.69) is 4.98 Å². The first kappa shape index (κ1) is 35.5. The minimum absolute atomic E-state index is 0.0150. The van der Waals surface area contributed by atoms with Crippen molar-refractivity contribution in [1.82, 2.24) is 4.98 Å². The van der Waals surface area contributed by atoms with E-state index in [0.29, 0.717) is 24.8 Å². The van der Waals surface area contributed by atoms with Crippen molar-refractivity contribution in [2.75, 3.05) is 5.75 Å². The van der Waals surface area contributed by atoms with Crippen LogP contribution in [-0.4, -0.2) is 45.4 Å². The third-order valence-corrected chi connectivity index (χ3v) is 15.1. The maximum atomic E-state index is 14.1. The fourth-order valence-electron chi connectivity index (χ4n) is 4.52. The second-order valence-corrected chi connectivity index (χ2v) is 18.9. The summed E-state index contributed by atoms with van der Waals surface area (Å²) in [6, 6.07) is 7.56. The minimum Gasteiger partial charge on any atom is -0.393 e. The number of halogens is 6. The van der Waals surface area contributed by atoms with Crippen LogP contribution in [-0.2, 0) is 14.3 Å². The van der Waals surface area contributed by atoms with Gasteiger partial charge in [0.25, 0.3) is 5.60 Å². The van der Waals surface area contributed by atoms with E-state index < -0.39 is 41.5 Å². The molecule has 0 N–H and O–H groups in total. The molecule has 0 aliphatic rings. The van der Waals surface area contributed by atoms with Gasteiger partial charge in [-0.1, -0.05) is 65.0 Å². The molecule has 1 aromatic heterocycles. The molecule has 13 heteroatoms. The van der Waals surface area contributed by atoms with Gasteiger partial charge in [0.15, 0.2) is 8.32 Å². The van der Waals surface area contributed by atoms with Crippen LogP contribution in [0.15, 0.2) is 52.9 Å². The molecule has 0 spiro atoms. The van der Waals surface area contributed by atoms with Crippen LogP contribution in [0.3, 0.4) is 0 Å².